The Labute approximate surface area is 97.0 Å². The Balaban J connectivity index is 1.99. The van der Waals surface area contributed by atoms with E-state index in [-0.39, 0.29) is 0 Å². The van der Waals surface area contributed by atoms with Crippen LogP contribution in [0.15, 0.2) is 36.5 Å². The lowest BCUT2D eigenvalue weighted by atomic mass is 9.55. The first kappa shape index (κ1) is 9.97. The van der Waals surface area contributed by atoms with Crippen LogP contribution in [0.25, 0.3) is 10.9 Å². The molecule has 0 aliphatic carbocycles. The lowest BCUT2D eigenvalue weighted by Crippen LogP contribution is -2.42. The zero-order valence-corrected chi connectivity index (χ0v) is 9.76. The third-order valence-electron chi connectivity index (χ3n) is 3.62. The summed E-state index contributed by atoms with van der Waals surface area (Å²) in [4.78, 5) is 2.43. The van der Waals surface area contributed by atoms with Crippen LogP contribution >= 0.6 is 0 Å². The fourth-order valence-corrected chi connectivity index (χ4v) is 2.79. The quantitative estimate of drug-likeness (QED) is 0.658. The molecular formula is C13H17BN2. The van der Waals surface area contributed by atoms with Crippen LogP contribution in [-0.2, 0) is 0 Å². The first-order valence-electron chi connectivity index (χ1n) is 6.09. The maximum absolute atomic E-state index is 2.45. The minimum atomic E-state index is 0.652. The van der Waals surface area contributed by atoms with Gasteiger partial charge >= 0.3 is 0 Å². The third kappa shape index (κ3) is 1.65. The summed E-state index contributed by atoms with van der Waals surface area (Å²) in [7, 11) is 2.22. The van der Waals surface area contributed by atoms with Gasteiger partial charge in [-0.3, -0.25) is 0 Å². The molecule has 0 bridgehead atoms. The van der Waals surface area contributed by atoms with E-state index in [1.165, 1.54) is 36.6 Å². The second-order valence-corrected chi connectivity index (χ2v) is 4.84. The van der Waals surface area contributed by atoms with Crippen LogP contribution in [0.5, 0.6) is 0 Å². The first-order valence-corrected chi connectivity index (χ1v) is 6.09. The SMILES string of the molecule is CN1CCCB(n2ccc3ccccc32)C1. The molecule has 2 nitrogen and oxygen atoms in total. The second kappa shape index (κ2) is 3.98. The van der Waals surface area contributed by atoms with Gasteiger partial charge in [0, 0.05) is 5.52 Å². The van der Waals surface area contributed by atoms with Gasteiger partial charge in [-0.15, -0.1) is 0 Å². The van der Waals surface area contributed by atoms with E-state index in [9.17, 15) is 0 Å². The van der Waals surface area contributed by atoms with Crippen LogP contribution in [0, 0.1) is 0 Å². The molecule has 16 heavy (non-hydrogen) atoms. The largest absolute Gasteiger partial charge is 0.390 e. The molecule has 0 N–H and O–H groups in total. The molecule has 1 aromatic carbocycles. The van der Waals surface area contributed by atoms with Crippen molar-refractivity contribution in [1.82, 2.24) is 9.38 Å². The van der Waals surface area contributed by atoms with E-state index in [0.29, 0.717) is 6.85 Å². The van der Waals surface area contributed by atoms with Gasteiger partial charge in [0.2, 0.25) is 0 Å². The molecule has 2 aromatic rings. The Morgan fingerprint density at radius 3 is 2.94 bits per heavy atom. The van der Waals surface area contributed by atoms with Gasteiger partial charge < -0.3 is 9.38 Å². The Hall–Kier alpha value is -1.22. The first-order chi connectivity index (χ1) is 7.84. The summed E-state index contributed by atoms with van der Waals surface area (Å²) in [5.74, 6) is 0. The van der Waals surface area contributed by atoms with Crippen molar-refractivity contribution in [3.8, 4) is 0 Å². The molecule has 0 atom stereocenters. The zero-order valence-electron chi connectivity index (χ0n) is 9.76. The van der Waals surface area contributed by atoms with E-state index in [1.54, 1.807) is 0 Å². The number of benzene rings is 1. The second-order valence-electron chi connectivity index (χ2n) is 4.84. The van der Waals surface area contributed by atoms with Gasteiger partial charge in [-0.1, -0.05) is 24.5 Å². The summed E-state index contributed by atoms with van der Waals surface area (Å²) in [6.45, 7) is 1.90. The predicted molar refractivity (Wildman–Crippen MR) is 70.0 cm³/mol. The van der Waals surface area contributed by atoms with Crippen LogP contribution in [0.2, 0.25) is 6.32 Å². The highest BCUT2D eigenvalue weighted by Gasteiger charge is 2.23. The summed E-state index contributed by atoms with van der Waals surface area (Å²) in [5.41, 5.74) is 1.38. The van der Waals surface area contributed by atoms with Gasteiger partial charge in [0.25, 0.3) is 6.85 Å². The van der Waals surface area contributed by atoms with E-state index >= 15 is 0 Å². The molecule has 0 unspecified atom stereocenters. The molecule has 1 aliphatic rings. The highest BCUT2D eigenvalue weighted by atomic mass is 15.1. The monoisotopic (exact) mass is 212 g/mol. The number of para-hydroxylation sites is 1. The molecule has 0 spiro atoms. The standard InChI is InChI=1S/C13H17BN2/c1-15-9-4-8-14(11-15)16-10-7-12-5-2-3-6-13(12)16/h2-3,5-7,10H,4,8-9,11H2,1H3. The maximum atomic E-state index is 2.45. The van der Waals surface area contributed by atoms with Crippen molar-refractivity contribution in [3.05, 3.63) is 36.5 Å². The molecule has 1 aliphatic heterocycles. The minimum absolute atomic E-state index is 0.652. The van der Waals surface area contributed by atoms with Gasteiger partial charge in [-0.2, -0.15) is 0 Å². The Kier molecular flexibility index (Phi) is 2.48. The summed E-state index contributed by atoms with van der Waals surface area (Å²) >= 11 is 0. The molecule has 82 valence electrons. The Morgan fingerprint density at radius 1 is 1.19 bits per heavy atom. The van der Waals surface area contributed by atoms with Crippen molar-refractivity contribution < 1.29 is 0 Å². The number of hydrogen-bond donors (Lipinski definition) is 0. The number of rotatable bonds is 1. The van der Waals surface area contributed by atoms with E-state index in [2.05, 4.69) is 53.0 Å². The Bertz CT molecular complexity index is 491. The van der Waals surface area contributed by atoms with Crippen LogP contribution in [0.1, 0.15) is 6.42 Å². The van der Waals surface area contributed by atoms with E-state index < -0.39 is 0 Å². The van der Waals surface area contributed by atoms with Crippen LogP contribution in [-0.4, -0.2) is 36.3 Å². The van der Waals surface area contributed by atoms with Crippen molar-refractivity contribution >= 4 is 17.8 Å². The number of fused-ring (bicyclic) bond motifs is 1. The summed E-state index contributed by atoms with van der Waals surface area (Å²) in [6.07, 6.45) is 6.05. The average Bonchev–Trinajstić information content (AvgIpc) is 2.72. The molecule has 3 rings (SSSR count). The third-order valence-corrected chi connectivity index (χ3v) is 3.62. The van der Waals surface area contributed by atoms with Crippen LogP contribution < -0.4 is 0 Å². The van der Waals surface area contributed by atoms with E-state index in [0.717, 1.165) is 0 Å². The molecule has 2 heterocycles. The van der Waals surface area contributed by atoms with Gasteiger partial charge in [0.1, 0.15) is 0 Å². The van der Waals surface area contributed by atoms with Crippen molar-refractivity contribution in [1.29, 1.82) is 0 Å². The smallest absolute Gasteiger partial charge is 0.274 e. The Morgan fingerprint density at radius 2 is 2.06 bits per heavy atom. The zero-order chi connectivity index (χ0) is 11.0. The predicted octanol–water partition coefficient (Wildman–Crippen LogP) is 2.36. The maximum Gasteiger partial charge on any atom is 0.274 e. The van der Waals surface area contributed by atoms with Gasteiger partial charge in [-0.05, 0) is 50.2 Å². The van der Waals surface area contributed by atoms with E-state index in [1.807, 2.05) is 0 Å². The minimum Gasteiger partial charge on any atom is -0.390 e. The van der Waals surface area contributed by atoms with Crippen LogP contribution in [0.3, 0.4) is 0 Å². The van der Waals surface area contributed by atoms with Crippen LogP contribution in [0.4, 0.5) is 0 Å². The molecule has 0 radical (unpaired) electrons. The summed E-state index contributed by atoms with van der Waals surface area (Å²) in [5, 5.41) is 1.36. The summed E-state index contributed by atoms with van der Waals surface area (Å²) in [6, 6.07) is 10.9. The van der Waals surface area contributed by atoms with Crippen molar-refractivity contribution in [2.75, 3.05) is 20.0 Å². The number of aromatic nitrogens is 1. The fourth-order valence-electron chi connectivity index (χ4n) is 2.79. The molecule has 0 amide bonds. The molecule has 3 heteroatoms. The lowest BCUT2D eigenvalue weighted by Gasteiger charge is -2.28. The lowest BCUT2D eigenvalue weighted by molar-refractivity contribution is 0.365. The van der Waals surface area contributed by atoms with Gasteiger partial charge in [-0.25, -0.2) is 0 Å². The molecular weight excluding hydrogens is 195 g/mol. The summed E-state index contributed by atoms with van der Waals surface area (Å²) < 4.78 is 2.45. The van der Waals surface area contributed by atoms with Crippen molar-refractivity contribution in [2.45, 2.75) is 12.7 Å². The molecule has 0 saturated carbocycles. The highest BCUT2D eigenvalue weighted by molar-refractivity contribution is 6.58. The molecule has 1 saturated heterocycles. The number of hydrogen-bond acceptors (Lipinski definition) is 1. The van der Waals surface area contributed by atoms with Gasteiger partial charge in [0.15, 0.2) is 0 Å². The van der Waals surface area contributed by atoms with Gasteiger partial charge in [0.05, 0.1) is 0 Å². The highest BCUT2D eigenvalue weighted by Crippen LogP contribution is 2.19. The molecule has 1 fully saturated rings. The normalized spacial score (nSPS) is 18.2. The molecule has 1 aromatic heterocycles. The topological polar surface area (TPSA) is 8.17 Å². The fraction of sp³-hybridized carbons (Fsp3) is 0.385. The average molecular weight is 212 g/mol. The van der Waals surface area contributed by atoms with Crippen molar-refractivity contribution in [3.63, 3.8) is 0 Å². The van der Waals surface area contributed by atoms with E-state index in [4.69, 9.17) is 0 Å². The number of nitrogens with zero attached hydrogens (tertiary/aromatic N) is 2. The van der Waals surface area contributed by atoms with Crippen molar-refractivity contribution in [2.24, 2.45) is 0 Å².